The van der Waals surface area contributed by atoms with Crippen molar-refractivity contribution in [3.63, 3.8) is 0 Å². The Kier molecular flexibility index (Phi) is 7.80. The number of benzene rings is 3. The van der Waals surface area contributed by atoms with Crippen LogP contribution in [0.4, 0.5) is 0 Å². The van der Waals surface area contributed by atoms with Crippen molar-refractivity contribution in [3.05, 3.63) is 64.7 Å². The molecule has 0 radical (unpaired) electrons. The van der Waals surface area contributed by atoms with Gasteiger partial charge in [0, 0.05) is 48.0 Å². The highest BCUT2D eigenvalue weighted by molar-refractivity contribution is 7.91. The summed E-state index contributed by atoms with van der Waals surface area (Å²) in [5.74, 6) is -0.676. The van der Waals surface area contributed by atoms with Crippen molar-refractivity contribution >= 4 is 49.2 Å². The molecule has 0 spiro atoms. The number of nitrogens with two attached hydrogens (primary N) is 1. The molecule has 42 heavy (non-hydrogen) atoms. The largest absolute Gasteiger partial charge is 0.379 e. The van der Waals surface area contributed by atoms with E-state index in [1.807, 2.05) is 11.0 Å². The quantitative estimate of drug-likeness (QED) is 0.319. The molecule has 1 amide bonds. The average Bonchev–Trinajstić information content (AvgIpc) is 3.35. The molecule has 2 fully saturated rings. The summed E-state index contributed by atoms with van der Waals surface area (Å²) in [6, 6.07) is 15.0. The normalized spacial score (nSPS) is 17.7. The van der Waals surface area contributed by atoms with Crippen LogP contribution >= 0.6 is 11.6 Å². The van der Waals surface area contributed by atoms with E-state index in [0.29, 0.717) is 61.7 Å². The van der Waals surface area contributed by atoms with E-state index in [1.165, 1.54) is 6.07 Å². The van der Waals surface area contributed by atoms with Gasteiger partial charge in [0.15, 0.2) is 9.84 Å². The lowest BCUT2D eigenvalue weighted by Crippen LogP contribution is -2.47. The molecular weight excluding hydrogens is 576 g/mol. The number of carbonyl (C=O) groups is 1. The highest BCUT2D eigenvalue weighted by Crippen LogP contribution is 2.37. The standard InChI is InChI=1S/C31H35ClN4O5S/c1-31(2,36-9-13-41-14-10-36)22-4-5-23-24-15-21(16-25(30(33)37)29(24)34-27(23)18-22)20-3-6-28(26(32)17-20)42(38,39)19-35-7-11-40-12-8-35/h3-6,15-18,34H,7-14,19H2,1-2H3,(H2,33,37). The summed E-state index contributed by atoms with van der Waals surface area (Å²) >= 11 is 6.57. The maximum absolute atomic E-state index is 13.2. The van der Waals surface area contributed by atoms with Gasteiger partial charge in [-0.3, -0.25) is 14.6 Å². The van der Waals surface area contributed by atoms with Gasteiger partial charge in [-0.15, -0.1) is 0 Å². The van der Waals surface area contributed by atoms with Gasteiger partial charge < -0.3 is 20.2 Å². The summed E-state index contributed by atoms with van der Waals surface area (Å²) in [4.78, 5) is 20.4. The maximum Gasteiger partial charge on any atom is 0.250 e. The molecule has 2 saturated heterocycles. The Morgan fingerprint density at radius 2 is 1.62 bits per heavy atom. The van der Waals surface area contributed by atoms with Crippen molar-refractivity contribution in [3.8, 4) is 11.1 Å². The smallest absolute Gasteiger partial charge is 0.250 e. The number of aromatic nitrogens is 1. The summed E-state index contributed by atoms with van der Waals surface area (Å²) < 4.78 is 37.2. The van der Waals surface area contributed by atoms with Crippen LogP contribution in [0, 0.1) is 0 Å². The van der Waals surface area contributed by atoms with E-state index < -0.39 is 15.7 Å². The van der Waals surface area contributed by atoms with E-state index in [9.17, 15) is 13.2 Å². The van der Waals surface area contributed by atoms with Crippen molar-refractivity contribution in [1.29, 1.82) is 0 Å². The third-order valence-electron chi connectivity index (χ3n) is 8.54. The minimum atomic E-state index is -3.64. The lowest BCUT2D eigenvalue weighted by atomic mass is 9.90. The maximum atomic E-state index is 13.2. The molecule has 222 valence electrons. The number of halogens is 1. The first-order valence-corrected chi connectivity index (χ1v) is 16.1. The average molecular weight is 611 g/mol. The van der Waals surface area contributed by atoms with Gasteiger partial charge >= 0.3 is 0 Å². The number of morpholine rings is 2. The summed E-state index contributed by atoms with van der Waals surface area (Å²) in [7, 11) is -3.64. The first-order chi connectivity index (χ1) is 20.0. The SMILES string of the molecule is CC(C)(c1ccc2c(c1)[nH]c1c(C(N)=O)cc(-c3ccc(S(=O)(=O)CN4CCOCC4)c(Cl)c3)cc12)N1CCOCC1. The second kappa shape index (κ2) is 11.3. The highest BCUT2D eigenvalue weighted by Gasteiger charge is 2.30. The Balaban J connectivity index is 1.38. The Morgan fingerprint density at radius 3 is 2.29 bits per heavy atom. The molecule has 3 N–H and O–H groups in total. The topological polar surface area (TPSA) is 118 Å². The van der Waals surface area contributed by atoms with Crippen molar-refractivity contribution in [2.75, 3.05) is 58.5 Å². The summed E-state index contributed by atoms with van der Waals surface area (Å²) in [5.41, 5.74) is 10.1. The zero-order valence-corrected chi connectivity index (χ0v) is 25.4. The number of hydrogen-bond donors (Lipinski definition) is 2. The van der Waals surface area contributed by atoms with Gasteiger partial charge in [0.25, 0.3) is 5.91 Å². The molecule has 9 nitrogen and oxygen atoms in total. The van der Waals surface area contributed by atoms with Crippen LogP contribution < -0.4 is 5.73 Å². The number of amides is 1. The Hall–Kier alpha value is -2.99. The molecule has 3 aromatic carbocycles. The number of ether oxygens (including phenoxy) is 2. The third-order valence-corrected chi connectivity index (χ3v) is 10.7. The fraction of sp³-hybridized carbons (Fsp3) is 0.387. The van der Waals surface area contributed by atoms with Gasteiger partial charge in [-0.2, -0.15) is 0 Å². The third kappa shape index (κ3) is 5.43. The van der Waals surface area contributed by atoms with E-state index in [0.717, 1.165) is 34.9 Å². The van der Waals surface area contributed by atoms with Crippen LogP contribution in [0.15, 0.2) is 53.4 Å². The summed E-state index contributed by atoms with van der Waals surface area (Å²) in [6.45, 7) is 9.71. The minimum Gasteiger partial charge on any atom is -0.379 e. The van der Waals surface area contributed by atoms with Crippen molar-refractivity contribution in [1.82, 2.24) is 14.8 Å². The van der Waals surface area contributed by atoms with E-state index >= 15 is 0 Å². The lowest BCUT2D eigenvalue weighted by molar-refractivity contribution is -0.0117. The molecule has 0 saturated carbocycles. The van der Waals surface area contributed by atoms with Crippen molar-refractivity contribution < 1.29 is 22.7 Å². The van der Waals surface area contributed by atoms with Crippen molar-refractivity contribution in [2.24, 2.45) is 5.73 Å². The number of nitrogens with one attached hydrogen (secondary N) is 1. The number of sulfone groups is 1. The van der Waals surface area contributed by atoms with E-state index in [4.69, 9.17) is 26.8 Å². The van der Waals surface area contributed by atoms with Crippen LogP contribution in [-0.2, 0) is 24.8 Å². The molecule has 0 atom stereocenters. The molecule has 0 unspecified atom stereocenters. The fourth-order valence-electron chi connectivity index (χ4n) is 6.03. The summed E-state index contributed by atoms with van der Waals surface area (Å²) in [6.07, 6.45) is 0. The van der Waals surface area contributed by atoms with Crippen LogP contribution in [0.3, 0.4) is 0 Å². The van der Waals surface area contributed by atoms with Crippen LogP contribution in [0.2, 0.25) is 5.02 Å². The molecule has 0 aliphatic carbocycles. The molecule has 11 heteroatoms. The number of fused-ring (bicyclic) bond motifs is 3. The number of nitrogens with zero attached hydrogens (tertiary/aromatic N) is 2. The molecule has 1 aromatic heterocycles. The van der Waals surface area contributed by atoms with Crippen LogP contribution in [-0.4, -0.2) is 87.6 Å². The number of carbonyl (C=O) groups excluding carboxylic acids is 1. The first kappa shape index (κ1) is 29.1. The van der Waals surface area contributed by atoms with Gasteiger partial charge in [-0.25, -0.2) is 8.42 Å². The van der Waals surface area contributed by atoms with Gasteiger partial charge in [0.05, 0.1) is 47.4 Å². The zero-order valence-electron chi connectivity index (χ0n) is 23.8. The van der Waals surface area contributed by atoms with Crippen LogP contribution in [0.25, 0.3) is 32.9 Å². The minimum absolute atomic E-state index is 0.0816. The number of H-pyrrole nitrogens is 1. The molecule has 6 rings (SSSR count). The molecule has 2 aliphatic rings. The number of primary amides is 1. The molecule has 3 heterocycles. The zero-order chi connectivity index (χ0) is 29.6. The predicted octanol–water partition coefficient (Wildman–Crippen LogP) is 4.37. The second-order valence-electron chi connectivity index (χ2n) is 11.5. The monoisotopic (exact) mass is 610 g/mol. The molecule has 4 aromatic rings. The molecule has 0 bridgehead atoms. The molecular formula is C31H35ClN4O5S. The Bertz CT molecular complexity index is 1770. The number of aromatic amines is 1. The summed E-state index contributed by atoms with van der Waals surface area (Å²) in [5, 5.41) is 1.95. The van der Waals surface area contributed by atoms with Crippen LogP contribution in [0.5, 0.6) is 0 Å². The Morgan fingerprint density at radius 1 is 0.929 bits per heavy atom. The Labute approximate surface area is 250 Å². The highest BCUT2D eigenvalue weighted by atomic mass is 35.5. The van der Waals surface area contributed by atoms with Gasteiger partial charge in [0.1, 0.15) is 5.88 Å². The van der Waals surface area contributed by atoms with Gasteiger partial charge in [-0.05, 0) is 60.9 Å². The number of hydrogen-bond acceptors (Lipinski definition) is 7. The molecule has 2 aliphatic heterocycles. The van der Waals surface area contributed by atoms with Crippen LogP contribution in [0.1, 0.15) is 29.8 Å². The van der Waals surface area contributed by atoms with E-state index in [1.54, 1.807) is 18.2 Å². The first-order valence-electron chi connectivity index (χ1n) is 14.1. The van der Waals surface area contributed by atoms with E-state index in [2.05, 4.69) is 41.9 Å². The number of rotatable bonds is 7. The van der Waals surface area contributed by atoms with Crippen molar-refractivity contribution in [2.45, 2.75) is 24.3 Å². The second-order valence-corrected chi connectivity index (χ2v) is 13.8. The van der Waals surface area contributed by atoms with Gasteiger partial charge in [0.2, 0.25) is 0 Å². The predicted molar refractivity (Wildman–Crippen MR) is 165 cm³/mol. The fourth-order valence-corrected chi connectivity index (χ4v) is 8.07. The van der Waals surface area contributed by atoms with Gasteiger partial charge in [-0.1, -0.05) is 29.8 Å². The lowest BCUT2D eigenvalue weighted by Gasteiger charge is -2.41. The van der Waals surface area contributed by atoms with E-state index in [-0.39, 0.29) is 21.3 Å².